The minimum atomic E-state index is -1.38. The fourth-order valence-corrected chi connectivity index (χ4v) is 7.10. The van der Waals surface area contributed by atoms with Crippen LogP contribution in [0.3, 0.4) is 0 Å². The molecule has 0 unspecified atom stereocenters. The second-order valence-electron chi connectivity index (χ2n) is 15.0. The molecule has 50 heavy (non-hydrogen) atoms. The Bertz CT molecular complexity index is 1290. The van der Waals surface area contributed by atoms with Crippen molar-refractivity contribution >= 4 is 26.0 Å². The Morgan fingerprint density at radius 1 is 0.760 bits per heavy atom. The summed E-state index contributed by atoms with van der Waals surface area (Å²) >= 11 is 0. The molecule has 0 heterocycles. The van der Waals surface area contributed by atoms with Crippen LogP contribution in [0, 0.1) is 0 Å². The number of alkyl carbamates (subject to hydrolysis) is 1. The van der Waals surface area contributed by atoms with Gasteiger partial charge in [0, 0.05) is 27.0 Å². The summed E-state index contributed by atoms with van der Waals surface area (Å²) in [6.45, 7) is 10.0. The number of allylic oxidation sites excluding steroid dienone is 2. The zero-order valence-electron chi connectivity index (χ0n) is 31.4. The van der Waals surface area contributed by atoms with E-state index in [0.717, 1.165) is 54.0 Å². The molecule has 0 fully saturated rings. The standard InChI is InChI=1S/C42H64N2O5Si/c1-5-6-7-8-9-10-11-12-13-14-15-16-17-29-40(45)43-30-23-22-28-39(41(46)48-31-32-50(2,3)4)44-42(47)49-33-38-36-26-20-18-24-34(36)35-25-19-21-27-37(35)38/h11-12,18-21,24-27,38-39H,5-10,13-17,22-23,28-33H2,1-4H3,(H,43,45)(H,44,47)/t39-/m0/s1. The highest BCUT2D eigenvalue weighted by atomic mass is 28.3. The summed E-state index contributed by atoms with van der Waals surface area (Å²) in [6.07, 6.45) is 19.6. The Hall–Kier alpha value is -3.39. The van der Waals surface area contributed by atoms with Gasteiger partial charge in [-0.25, -0.2) is 9.59 Å². The van der Waals surface area contributed by atoms with Crippen LogP contribution in [0.4, 0.5) is 4.79 Å². The molecule has 2 aromatic rings. The third kappa shape index (κ3) is 15.7. The predicted molar refractivity (Wildman–Crippen MR) is 208 cm³/mol. The van der Waals surface area contributed by atoms with E-state index in [9.17, 15) is 14.4 Å². The molecule has 0 bridgehead atoms. The van der Waals surface area contributed by atoms with Gasteiger partial charge in [-0.05, 0) is 79.7 Å². The number of fused-ring (bicyclic) bond motifs is 3. The van der Waals surface area contributed by atoms with Crippen LogP contribution in [0.1, 0.15) is 120 Å². The lowest BCUT2D eigenvalue weighted by Crippen LogP contribution is -2.43. The van der Waals surface area contributed by atoms with Crippen LogP contribution in [-0.2, 0) is 19.1 Å². The summed E-state index contributed by atoms with van der Waals surface area (Å²) in [5.41, 5.74) is 4.60. The van der Waals surface area contributed by atoms with Gasteiger partial charge in [0.2, 0.25) is 5.91 Å². The number of carbonyl (C=O) groups excluding carboxylic acids is 3. The summed E-state index contributed by atoms with van der Waals surface area (Å²) in [5.74, 6) is -0.415. The van der Waals surface area contributed by atoms with Gasteiger partial charge in [0.1, 0.15) is 12.6 Å². The lowest BCUT2D eigenvalue weighted by atomic mass is 9.98. The number of amides is 2. The van der Waals surface area contributed by atoms with Gasteiger partial charge in [-0.15, -0.1) is 0 Å². The van der Waals surface area contributed by atoms with Crippen LogP contribution in [0.15, 0.2) is 60.7 Å². The molecule has 0 aromatic heterocycles. The number of carbonyl (C=O) groups is 3. The number of hydrogen-bond donors (Lipinski definition) is 2. The Morgan fingerprint density at radius 2 is 1.36 bits per heavy atom. The number of rotatable bonds is 25. The first-order chi connectivity index (χ1) is 24.2. The second-order valence-corrected chi connectivity index (χ2v) is 20.6. The molecule has 276 valence electrons. The Kier molecular flexibility index (Phi) is 19.0. The van der Waals surface area contributed by atoms with Crippen molar-refractivity contribution in [3.63, 3.8) is 0 Å². The van der Waals surface area contributed by atoms with Crippen LogP contribution in [0.5, 0.6) is 0 Å². The molecule has 0 saturated heterocycles. The number of benzene rings is 2. The van der Waals surface area contributed by atoms with E-state index < -0.39 is 26.2 Å². The minimum Gasteiger partial charge on any atom is -0.464 e. The van der Waals surface area contributed by atoms with Crippen molar-refractivity contribution in [2.24, 2.45) is 0 Å². The highest BCUT2D eigenvalue weighted by Crippen LogP contribution is 2.44. The number of ether oxygens (including phenoxy) is 2. The van der Waals surface area contributed by atoms with Crippen LogP contribution in [0.25, 0.3) is 11.1 Å². The zero-order chi connectivity index (χ0) is 36.0. The van der Waals surface area contributed by atoms with E-state index in [4.69, 9.17) is 9.47 Å². The van der Waals surface area contributed by atoms with E-state index in [0.29, 0.717) is 38.8 Å². The van der Waals surface area contributed by atoms with Crippen LogP contribution >= 0.6 is 0 Å². The van der Waals surface area contributed by atoms with Crippen molar-refractivity contribution in [2.75, 3.05) is 19.8 Å². The smallest absolute Gasteiger partial charge is 0.407 e. The van der Waals surface area contributed by atoms with Crippen molar-refractivity contribution in [3.05, 3.63) is 71.8 Å². The Labute approximate surface area is 303 Å². The van der Waals surface area contributed by atoms with Gasteiger partial charge in [0.25, 0.3) is 0 Å². The highest BCUT2D eigenvalue weighted by Gasteiger charge is 2.30. The lowest BCUT2D eigenvalue weighted by molar-refractivity contribution is -0.145. The molecule has 3 rings (SSSR count). The largest absolute Gasteiger partial charge is 0.464 e. The number of esters is 1. The quantitative estimate of drug-likeness (QED) is 0.0464. The molecule has 1 aliphatic carbocycles. The van der Waals surface area contributed by atoms with Crippen LogP contribution in [-0.4, -0.2) is 51.8 Å². The molecule has 2 N–H and O–H groups in total. The molecule has 0 radical (unpaired) electrons. The SMILES string of the molecule is CCCCCCCC=CCCCCCCC(=O)NCCCC[C@H](NC(=O)OCC1c2ccccc2-c2ccccc21)C(=O)OCC[Si](C)(C)C. The Balaban J connectivity index is 1.34. The van der Waals surface area contributed by atoms with Crippen molar-refractivity contribution in [3.8, 4) is 11.1 Å². The van der Waals surface area contributed by atoms with Gasteiger partial charge in [0.15, 0.2) is 0 Å². The third-order valence-electron chi connectivity index (χ3n) is 9.42. The molecular formula is C42H64N2O5Si. The van der Waals surface area contributed by atoms with Gasteiger partial charge >= 0.3 is 12.1 Å². The fourth-order valence-electron chi connectivity index (χ4n) is 6.38. The molecule has 1 aliphatic rings. The summed E-state index contributed by atoms with van der Waals surface area (Å²) in [7, 11) is -1.38. The first-order valence-electron chi connectivity index (χ1n) is 19.4. The average Bonchev–Trinajstić information content (AvgIpc) is 3.41. The molecule has 8 heteroatoms. The van der Waals surface area contributed by atoms with E-state index >= 15 is 0 Å². The van der Waals surface area contributed by atoms with Crippen LogP contribution < -0.4 is 10.6 Å². The normalized spacial score (nSPS) is 13.1. The molecular weight excluding hydrogens is 641 g/mol. The van der Waals surface area contributed by atoms with Crippen molar-refractivity contribution in [1.82, 2.24) is 10.6 Å². The first kappa shape index (κ1) is 41.0. The summed E-state index contributed by atoms with van der Waals surface area (Å²) in [6, 6.07) is 16.5. The molecule has 0 aliphatic heterocycles. The molecule has 0 spiro atoms. The van der Waals surface area contributed by atoms with E-state index in [2.05, 4.69) is 73.6 Å². The maximum atomic E-state index is 13.1. The van der Waals surface area contributed by atoms with E-state index in [-0.39, 0.29) is 18.4 Å². The average molecular weight is 705 g/mol. The summed E-state index contributed by atoms with van der Waals surface area (Å²) in [4.78, 5) is 38.5. The summed E-state index contributed by atoms with van der Waals surface area (Å²) < 4.78 is 11.3. The van der Waals surface area contributed by atoms with Gasteiger partial charge in [0.05, 0.1) is 6.61 Å². The van der Waals surface area contributed by atoms with Gasteiger partial charge in [-0.1, -0.05) is 126 Å². The maximum Gasteiger partial charge on any atom is 0.407 e. The predicted octanol–water partition coefficient (Wildman–Crippen LogP) is 10.3. The molecule has 2 aromatic carbocycles. The van der Waals surface area contributed by atoms with Crippen molar-refractivity contribution in [1.29, 1.82) is 0 Å². The molecule has 7 nitrogen and oxygen atoms in total. The van der Waals surface area contributed by atoms with Gasteiger partial charge in [-0.3, -0.25) is 4.79 Å². The molecule has 2 amide bonds. The molecule has 1 atom stereocenters. The maximum absolute atomic E-state index is 13.1. The van der Waals surface area contributed by atoms with E-state index in [1.54, 1.807) is 0 Å². The van der Waals surface area contributed by atoms with Crippen molar-refractivity contribution in [2.45, 2.75) is 141 Å². The minimum absolute atomic E-state index is 0.0595. The highest BCUT2D eigenvalue weighted by molar-refractivity contribution is 6.76. The molecule has 0 saturated carbocycles. The lowest BCUT2D eigenvalue weighted by Gasteiger charge is -2.21. The number of hydrogen-bond acceptors (Lipinski definition) is 5. The first-order valence-corrected chi connectivity index (χ1v) is 23.1. The van der Waals surface area contributed by atoms with Crippen LogP contribution in [0.2, 0.25) is 25.7 Å². The second kappa shape index (κ2) is 23.2. The Morgan fingerprint density at radius 3 is 1.98 bits per heavy atom. The van der Waals surface area contributed by atoms with Gasteiger partial charge in [-0.2, -0.15) is 0 Å². The van der Waals surface area contributed by atoms with Gasteiger partial charge < -0.3 is 20.1 Å². The van der Waals surface area contributed by atoms with E-state index in [1.807, 2.05) is 24.3 Å². The number of nitrogens with one attached hydrogen (secondary N) is 2. The summed E-state index contributed by atoms with van der Waals surface area (Å²) in [5, 5.41) is 5.80. The third-order valence-corrected chi connectivity index (χ3v) is 11.1. The topological polar surface area (TPSA) is 93.7 Å². The zero-order valence-corrected chi connectivity index (χ0v) is 32.4. The monoisotopic (exact) mass is 704 g/mol. The van der Waals surface area contributed by atoms with Crippen molar-refractivity contribution < 1.29 is 23.9 Å². The van der Waals surface area contributed by atoms with E-state index in [1.165, 1.54) is 44.9 Å². The number of unbranched alkanes of at least 4 members (excludes halogenated alkanes) is 10. The fraction of sp³-hybridized carbons (Fsp3) is 0.595.